The second-order valence-corrected chi connectivity index (χ2v) is 7.12. The minimum atomic E-state index is -0.283. The molecule has 0 radical (unpaired) electrons. The topological polar surface area (TPSA) is 73.9 Å². The van der Waals surface area contributed by atoms with Crippen LogP contribution in [0.1, 0.15) is 18.9 Å². The number of ether oxygens (including phenoxy) is 1. The number of amides is 2. The molecule has 2 fully saturated rings. The summed E-state index contributed by atoms with van der Waals surface area (Å²) in [7, 11) is 0. The largest absolute Gasteiger partial charge is 0.379 e. The smallest absolute Gasteiger partial charge is 0.229 e. The van der Waals surface area contributed by atoms with Crippen LogP contribution in [0.2, 0.25) is 0 Å². The van der Waals surface area contributed by atoms with Gasteiger partial charge in [0.2, 0.25) is 11.8 Å². The number of nitrogens with one attached hydrogen (secondary N) is 2. The van der Waals surface area contributed by atoms with E-state index < -0.39 is 0 Å². The van der Waals surface area contributed by atoms with Gasteiger partial charge in [0, 0.05) is 51.4 Å². The quantitative estimate of drug-likeness (QED) is 0.708. The highest BCUT2D eigenvalue weighted by Crippen LogP contribution is 2.21. The Bertz CT molecular complexity index is 646. The molecule has 1 aromatic rings. The minimum absolute atomic E-state index is 0.0684. The van der Waals surface area contributed by atoms with Crippen LogP contribution in [0.15, 0.2) is 24.3 Å². The van der Waals surface area contributed by atoms with Gasteiger partial charge in [-0.25, -0.2) is 0 Å². The molecule has 7 nitrogen and oxygen atoms in total. The van der Waals surface area contributed by atoms with Gasteiger partial charge in [-0.15, -0.1) is 0 Å². The number of nitrogens with zero attached hydrogens (tertiary/aromatic N) is 2. The summed E-state index contributed by atoms with van der Waals surface area (Å²) in [6, 6.07) is 7.80. The lowest BCUT2D eigenvalue weighted by Crippen LogP contribution is -2.42. The molecule has 0 aromatic heterocycles. The molecule has 2 heterocycles. The van der Waals surface area contributed by atoms with Crippen LogP contribution >= 0.6 is 0 Å². The number of anilines is 1. The molecule has 0 bridgehead atoms. The van der Waals surface area contributed by atoms with Gasteiger partial charge in [-0.2, -0.15) is 0 Å². The van der Waals surface area contributed by atoms with Crippen molar-refractivity contribution in [2.24, 2.45) is 5.92 Å². The Hall–Kier alpha value is -1.96. The predicted molar refractivity (Wildman–Crippen MR) is 104 cm³/mol. The maximum Gasteiger partial charge on any atom is 0.229 e. The highest BCUT2D eigenvalue weighted by Gasteiger charge is 2.34. The van der Waals surface area contributed by atoms with E-state index >= 15 is 0 Å². The summed E-state index contributed by atoms with van der Waals surface area (Å²) < 4.78 is 5.35. The number of hydrogen-bond donors (Lipinski definition) is 2. The van der Waals surface area contributed by atoms with Crippen LogP contribution in [0, 0.1) is 5.92 Å². The molecule has 2 aliphatic heterocycles. The zero-order valence-corrected chi connectivity index (χ0v) is 16.1. The third-order valence-electron chi connectivity index (χ3n) is 5.22. The number of carbonyl (C=O) groups excluding carboxylic acids is 2. The molecule has 1 aromatic carbocycles. The molecule has 148 valence electrons. The van der Waals surface area contributed by atoms with Crippen LogP contribution in [0.25, 0.3) is 0 Å². The Balaban J connectivity index is 1.51. The lowest BCUT2D eigenvalue weighted by Gasteiger charge is -2.28. The van der Waals surface area contributed by atoms with Crippen molar-refractivity contribution < 1.29 is 14.3 Å². The summed E-state index contributed by atoms with van der Waals surface area (Å²) >= 11 is 0. The molecule has 27 heavy (non-hydrogen) atoms. The van der Waals surface area contributed by atoms with Crippen LogP contribution in [-0.4, -0.2) is 74.1 Å². The average Bonchev–Trinajstić information content (AvgIpc) is 3.07. The Kier molecular flexibility index (Phi) is 7.20. The zero-order chi connectivity index (χ0) is 19.1. The normalized spacial score (nSPS) is 20.9. The third kappa shape index (κ3) is 5.51. The van der Waals surface area contributed by atoms with Crippen LogP contribution in [0.5, 0.6) is 0 Å². The van der Waals surface area contributed by atoms with Crippen molar-refractivity contribution in [1.29, 1.82) is 0 Å². The molecule has 1 atom stereocenters. The Morgan fingerprint density at radius 3 is 2.78 bits per heavy atom. The van der Waals surface area contributed by atoms with E-state index in [9.17, 15) is 9.59 Å². The molecular formula is C20H30N4O3. The molecule has 2 saturated heterocycles. The standard InChI is InChI=1S/C20H30N4O3/c1-2-21-14-16-5-3-4-6-18(16)22-20(26)17-13-19(25)24(15-17)8-7-23-9-11-27-12-10-23/h3-6,17,21H,2,7-15H2,1H3,(H,22,26). The molecule has 0 spiro atoms. The van der Waals surface area contributed by atoms with Gasteiger partial charge < -0.3 is 20.3 Å². The molecule has 3 rings (SSSR count). The van der Waals surface area contributed by atoms with E-state index in [1.165, 1.54) is 0 Å². The van der Waals surface area contributed by atoms with E-state index in [-0.39, 0.29) is 17.7 Å². The van der Waals surface area contributed by atoms with E-state index in [4.69, 9.17) is 4.74 Å². The first kappa shape index (κ1) is 19.8. The highest BCUT2D eigenvalue weighted by molar-refractivity contribution is 5.97. The van der Waals surface area contributed by atoms with Gasteiger partial charge in [-0.3, -0.25) is 14.5 Å². The summed E-state index contributed by atoms with van der Waals surface area (Å²) in [5.41, 5.74) is 1.88. The van der Waals surface area contributed by atoms with Gasteiger partial charge in [-0.05, 0) is 18.2 Å². The van der Waals surface area contributed by atoms with Crippen LogP contribution in [0.3, 0.4) is 0 Å². The van der Waals surface area contributed by atoms with E-state index in [2.05, 4.69) is 22.5 Å². The van der Waals surface area contributed by atoms with E-state index in [1.807, 2.05) is 29.2 Å². The molecule has 1 unspecified atom stereocenters. The second-order valence-electron chi connectivity index (χ2n) is 7.12. The summed E-state index contributed by atoms with van der Waals surface area (Å²) in [4.78, 5) is 29.1. The maximum atomic E-state index is 12.7. The molecule has 2 N–H and O–H groups in total. The molecule has 7 heteroatoms. The van der Waals surface area contributed by atoms with Crippen molar-refractivity contribution in [1.82, 2.24) is 15.1 Å². The van der Waals surface area contributed by atoms with Gasteiger partial charge in [0.1, 0.15) is 0 Å². The Morgan fingerprint density at radius 2 is 2.00 bits per heavy atom. The Labute approximate surface area is 161 Å². The number of benzene rings is 1. The number of likely N-dealkylation sites (tertiary alicyclic amines) is 1. The predicted octanol–water partition coefficient (Wildman–Crippen LogP) is 0.915. The number of morpholine rings is 1. The van der Waals surface area contributed by atoms with Crippen LogP contribution in [-0.2, 0) is 20.9 Å². The summed E-state index contributed by atoms with van der Waals surface area (Å²) in [6.07, 6.45) is 0.296. The number of rotatable bonds is 8. The number of para-hydroxylation sites is 1. The van der Waals surface area contributed by atoms with Gasteiger partial charge >= 0.3 is 0 Å². The first-order valence-corrected chi connectivity index (χ1v) is 9.84. The van der Waals surface area contributed by atoms with Gasteiger partial charge in [-0.1, -0.05) is 25.1 Å². The summed E-state index contributed by atoms with van der Waals surface area (Å²) in [5.74, 6) is -0.278. The fraction of sp³-hybridized carbons (Fsp3) is 0.600. The second kappa shape index (κ2) is 9.82. The lowest BCUT2D eigenvalue weighted by atomic mass is 10.1. The average molecular weight is 374 g/mol. The van der Waals surface area contributed by atoms with E-state index in [0.717, 1.165) is 50.6 Å². The van der Waals surface area contributed by atoms with Gasteiger partial charge in [0.15, 0.2) is 0 Å². The van der Waals surface area contributed by atoms with Crippen molar-refractivity contribution in [3.8, 4) is 0 Å². The first-order valence-electron chi connectivity index (χ1n) is 9.84. The first-order chi connectivity index (χ1) is 13.2. The van der Waals surface area contributed by atoms with Crippen LogP contribution < -0.4 is 10.6 Å². The van der Waals surface area contributed by atoms with Gasteiger partial charge in [0.05, 0.1) is 19.1 Å². The highest BCUT2D eigenvalue weighted by atomic mass is 16.5. The molecule has 2 amide bonds. The maximum absolute atomic E-state index is 12.7. The molecule has 0 saturated carbocycles. The van der Waals surface area contributed by atoms with Crippen molar-refractivity contribution in [2.75, 3.05) is 57.8 Å². The third-order valence-corrected chi connectivity index (χ3v) is 5.22. The van der Waals surface area contributed by atoms with Crippen molar-refractivity contribution in [2.45, 2.75) is 19.9 Å². The fourth-order valence-electron chi connectivity index (χ4n) is 3.54. The van der Waals surface area contributed by atoms with E-state index in [0.29, 0.717) is 26.1 Å². The van der Waals surface area contributed by atoms with Crippen molar-refractivity contribution >= 4 is 17.5 Å². The van der Waals surface area contributed by atoms with E-state index in [1.54, 1.807) is 0 Å². The summed E-state index contributed by atoms with van der Waals surface area (Å²) in [6.45, 7) is 9.00. The number of carbonyl (C=O) groups is 2. The minimum Gasteiger partial charge on any atom is -0.379 e. The summed E-state index contributed by atoms with van der Waals surface area (Å²) in [5, 5.41) is 6.31. The molecule has 0 aliphatic carbocycles. The lowest BCUT2D eigenvalue weighted by molar-refractivity contribution is -0.128. The molecule has 2 aliphatic rings. The SMILES string of the molecule is CCNCc1ccccc1NC(=O)C1CC(=O)N(CCN2CCOCC2)C1. The monoisotopic (exact) mass is 374 g/mol. The number of hydrogen-bond acceptors (Lipinski definition) is 5. The molecular weight excluding hydrogens is 344 g/mol. The van der Waals surface area contributed by atoms with Crippen molar-refractivity contribution in [3.05, 3.63) is 29.8 Å². The van der Waals surface area contributed by atoms with Crippen LogP contribution in [0.4, 0.5) is 5.69 Å². The zero-order valence-electron chi connectivity index (χ0n) is 16.1. The van der Waals surface area contributed by atoms with Gasteiger partial charge in [0.25, 0.3) is 0 Å². The fourth-order valence-corrected chi connectivity index (χ4v) is 3.54. The Morgan fingerprint density at radius 1 is 1.22 bits per heavy atom. The van der Waals surface area contributed by atoms with Crippen molar-refractivity contribution in [3.63, 3.8) is 0 Å².